The highest BCUT2D eigenvalue weighted by atomic mass is 16.5. The molecular weight excluding hydrogens is 582 g/mol. The van der Waals surface area contributed by atoms with E-state index in [0.717, 1.165) is 13.2 Å². The van der Waals surface area contributed by atoms with E-state index < -0.39 is 76.6 Å². The van der Waals surface area contributed by atoms with Crippen molar-refractivity contribution in [3.8, 4) is 22.6 Å². The number of furan rings is 1. The number of nitrogens with one attached hydrogen (secondary N) is 1. The zero-order valence-corrected chi connectivity index (χ0v) is 23.8. The van der Waals surface area contributed by atoms with Crippen LogP contribution in [0.15, 0.2) is 77.3 Å². The summed E-state index contributed by atoms with van der Waals surface area (Å²) in [5.41, 5.74) is -5.13. The molecule has 2 aromatic heterocycles. The van der Waals surface area contributed by atoms with Gasteiger partial charge < -0.3 is 29.5 Å². The second-order valence-corrected chi connectivity index (χ2v) is 11.0. The van der Waals surface area contributed by atoms with Crippen molar-refractivity contribution in [2.24, 2.45) is 0 Å². The van der Waals surface area contributed by atoms with Crippen molar-refractivity contribution in [2.75, 3.05) is 7.11 Å². The maximum Gasteiger partial charge on any atom is 0.260 e. The number of methoxy groups -OCH3 is 1. The standard InChI is InChI=1S/C34H23NO10/c1-3-4-5-6-15-11-17-20(14-8-10-45-13-14)16-7-9-34(26(16)30(40)21(17)33(43)35-15)31(41)24-25(32(34)42)29(39)23-22(28(24)38)18(36)12-19(44-2)27(23)37/h3-6,8,10-13,40-42H,7,9H2,1-2H3,(H,35,43)/b4-3+,6-5+. The van der Waals surface area contributed by atoms with E-state index in [1.54, 1.807) is 30.4 Å². The number of rotatable bonds is 4. The van der Waals surface area contributed by atoms with Crippen LogP contribution in [0.2, 0.25) is 0 Å². The molecule has 11 heteroatoms. The average Bonchev–Trinajstić information content (AvgIpc) is 3.73. The second kappa shape index (κ2) is 9.52. The lowest BCUT2D eigenvalue weighted by molar-refractivity contribution is 0.362. The van der Waals surface area contributed by atoms with Gasteiger partial charge in [0.25, 0.3) is 5.56 Å². The van der Waals surface area contributed by atoms with Crippen LogP contribution in [0.5, 0.6) is 11.5 Å². The fourth-order valence-corrected chi connectivity index (χ4v) is 6.96. The van der Waals surface area contributed by atoms with Gasteiger partial charge in [0.2, 0.25) is 16.3 Å². The average molecular weight is 606 g/mol. The number of pyridine rings is 1. The molecule has 1 unspecified atom stereocenters. The number of hydrogen-bond donors (Lipinski definition) is 4. The minimum atomic E-state index is -2.03. The van der Waals surface area contributed by atoms with Gasteiger partial charge in [0.15, 0.2) is 11.2 Å². The van der Waals surface area contributed by atoms with Gasteiger partial charge in [0.05, 0.1) is 45.9 Å². The number of H-pyrrole nitrogens is 1. The molecule has 4 aliphatic carbocycles. The van der Waals surface area contributed by atoms with E-state index in [4.69, 9.17) is 9.15 Å². The third-order valence-corrected chi connectivity index (χ3v) is 8.84. The van der Waals surface area contributed by atoms with Crippen molar-refractivity contribution in [3.63, 3.8) is 0 Å². The smallest absolute Gasteiger partial charge is 0.260 e. The van der Waals surface area contributed by atoms with Gasteiger partial charge in [-0.15, -0.1) is 0 Å². The normalized spacial score (nSPS) is 17.5. The first-order valence-corrected chi connectivity index (χ1v) is 13.9. The SMILES string of the molecule is C/C=C/C=C/c1cc2c(-c3ccoc3)c3c(c(O)c2c(=O)[nH]1)C1(CC3)C(O)=c2c(=O)c3c(=O)cc(OC)c(=O)c=3c(=O)c2=C1O. The number of hydrogen-bond acceptors (Lipinski definition) is 10. The molecule has 224 valence electrons. The molecule has 0 radical (unpaired) electrons. The Hall–Kier alpha value is -5.97. The van der Waals surface area contributed by atoms with Crippen LogP contribution in [-0.4, -0.2) is 27.4 Å². The molecule has 1 spiro atoms. The first kappa shape index (κ1) is 27.8. The Balaban J connectivity index is 1.67. The molecule has 2 heterocycles. The lowest BCUT2D eigenvalue weighted by atomic mass is 9.77. The molecule has 1 atom stereocenters. The second-order valence-electron chi connectivity index (χ2n) is 11.0. The van der Waals surface area contributed by atoms with Crippen molar-refractivity contribution in [3.05, 3.63) is 138 Å². The van der Waals surface area contributed by atoms with Gasteiger partial charge in [-0.3, -0.25) is 24.0 Å². The third-order valence-electron chi connectivity index (χ3n) is 8.84. The summed E-state index contributed by atoms with van der Waals surface area (Å²) in [5.74, 6) is -2.57. The molecule has 0 fully saturated rings. The van der Waals surface area contributed by atoms with Crippen LogP contribution < -0.4 is 42.4 Å². The van der Waals surface area contributed by atoms with Gasteiger partial charge in [0.1, 0.15) is 22.7 Å². The maximum absolute atomic E-state index is 13.8. The molecule has 4 N–H and O–H groups in total. The summed E-state index contributed by atoms with van der Waals surface area (Å²) in [6, 6.07) is 4.12. The Kier molecular flexibility index (Phi) is 5.89. The van der Waals surface area contributed by atoms with Crippen molar-refractivity contribution < 1.29 is 24.5 Å². The molecule has 3 aromatic rings. The zero-order valence-electron chi connectivity index (χ0n) is 23.8. The first-order valence-electron chi connectivity index (χ1n) is 13.9. The van der Waals surface area contributed by atoms with Crippen molar-refractivity contribution in [1.29, 1.82) is 0 Å². The number of allylic oxidation sites excluding steroid dienone is 3. The Labute approximate surface area is 250 Å². The molecule has 0 bridgehead atoms. The lowest BCUT2D eigenvalue weighted by Crippen LogP contribution is -2.51. The summed E-state index contributed by atoms with van der Waals surface area (Å²) in [7, 11) is 1.12. The molecule has 7 rings (SSSR count). The molecular formula is C34H23NO10. The molecule has 11 nitrogen and oxygen atoms in total. The molecule has 45 heavy (non-hydrogen) atoms. The fourth-order valence-electron chi connectivity index (χ4n) is 6.96. The van der Waals surface area contributed by atoms with Crippen LogP contribution in [0.25, 0.3) is 39.5 Å². The molecule has 4 aliphatic rings. The Morgan fingerprint density at radius 1 is 0.933 bits per heavy atom. The Morgan fingerprint density at radius 2 is 1.64 bits per heavy atom. The fraction of sp³-hybridized carbons (Fsp3) is 0.147. The van der Waals surface area contributed by atoms with Gasteiger partial charge in [-0.25, -0.2) is 0 Å². The number of aromatic hydroxyl groups is 1. The summed E-state index contributed by atoms with van der Waals surface area (Å²) in [5, 5.41) is 32.8. The minimum Gasteiger partial charge on any atom is -0.510 e. The number of benzene rings is 1. The van der Waals surface area contributed by atoms with Gasteiger partial charge >= 0.3 is 0 Å². The van der Waals surface area contributed by atoms with Gasteiger partial charge in [-0.1, -0.05) is 18.2 Å². The van der Waals surface area contributed by atoms with Crippen molar-refractivity contribution in [1.82, 2.24) is 4.98 Å². The molecule has 1 aromatic carbocycles. The monoisotopic (exact) mass is 605 g/mol. The first-order chi connectivity index (χ1) is 21.6. The van der Waals surface area contributed by atoms with E-state index in [-0.39, 0.29) is 23.8 Å². The van der Waals surface area contributed by atoms with E-state index in [0.29, 0.717) is 27.8 Å². The highest BCUT2D eigenvalue weighted by Crippen LogP contribution is 2.57. The van der Waals surface area contributed by atoms with Crippen molar-refractivity contribution >= 4 is 28.4 Å². The number of fused-ring (bicyclic) bond motifs is 4. The van der Waals surface area contributed by atoms with Crippen LogP contribution in [0.3, 0.4) is 0 Å². The molecule has 0 amide bonds. The van der Waals surface area contributed by atoms with E-state index in [2.05, 4.69) is 4.98 Å². The summed E-state index contributed by atoms with van der Waals surface area (Å²) < 4.78 is 10.3. The van der Waals surface area contributed by atoms with E-state index in [9.17, 15) is 39.3 Å². The number of aliphatic hydroxyl groups excluding tert-OH is 2. The maximum atomic E-state index is 13.8. The minimum absolute atomic E-state index is 0.0785. The molecule has 0 saturated heterocycles. The van der Waals surface area contributed by atoms with Gasteiger partial charge in [-0.2, -0.15) is 0 Å². The van der Waals surface area contributed by atoms with Gasteiger partial charge in [0, 0.05) is 28.3 Å². The quantitative estimate of drug-likeness (QED) is 0.218. The highest BCUT2D eigenvalue weighted by molar-refractivity contribution is 6.05. The number of ether oxygens (including phenoxy) is 1. The molecule has 0 aliphatic heterocycles. The summed E-state index contributed by atoms with van der Waals surface area (Å²) in [4.78, 5) is 69.7. The zero-order chi connectivity index (χ0) is 31.9. The lowest BCUT2D eigenvalue weighted by Gasteiger charge is -2.28. The van der Waals surface area contributed by atoms with Crippen LogP contribution >= 0.6 is 0 Å². The molecule has 0 saturated carbocycles. The van der Waals surface area contributed by atoms with Crippen LogP contribution in [0.1, 0.15) is 30.2 Å². The number of aromatic nitrogens is 1. The highest BCUT2D eigenvalue weighted by Gasteiger charge is 2.54. The number of phenols is 1. The largest absolute Gasteiger partial charge is 0.510 e. The number of phenolic OH excluding ortho intramolecular Hbond substituents is 1. The predicted molar refractivity (Wildman–Crippen MR) is 165 cm³/mol. The Bertz CT molecular complexity index is 2670. The Morgan fingerprint density at radius 3 is 2.29 bits per heavy atom. The van der Waals surface area contributed by atoms with Crippen LogP contribution in [-0.2, 0) is 11.8 Å². The number of aliphatic hydroxyl groups is 2. The van der Waals surface area contributed by atoms with Crippen LogP contribution in [0.4, 0.5) is 0 Å². The number of aromatic amines is 1. The van der Waals surface area contributed by atoms with E-state index >= 15 is 0 Å². The summed E-state index contributed by atoms with van der Waals surface area (Å²) in [6.07, 6.45) is 9.87. The topological polar surface area (TPSA) is 184 Å². The predicted octanol–water partition coefficient (Wildman–Crippen LogP) is 1.36. The van der Waals surface area contributed by atoms with Crippen LogP contribution in [0, 0.1) is 10.4 Å². The van der Waals surface area contributed by atoms with Gasteiger partial charge in [-0.05, 0) is 49.1 Å². The summed E-state index contributed by atoms with van der Waals surface area (Å²) in [6.45, 7) is 1.84. The van der Waals surface area contributed by atoms with Crippen molar-refractivity contribution in [2.45, 2.75) is 25.2 Å². The summed E-state index contributed by atoms with van der Waals surface area (Å²) >= 11 is 0. The van der Waals surface area contributed by atoms with E-state index in [1.807, 2.05) is 13.0 Å². The van der Waals surface area contributed by atoms with E-state index in [1.165, 1.54) is 12.5 Å². The third kappa shape index (κ3) is 3.43.